The van der Waals surface area contributed by atoms with Crippen LogP contribution >= 0.6 is 0 Å². The lowest BCUT2D eigenvalue weighted by molar-refractivity contribution is 0.0512. The van der Waals surface area contributed by atoms with E-state index in [4.69, 9.17) is 4.74 Å². The first kappa shape index (κ1) is 14.3. The standard InChI is InChI=1S/C15H30N2O/c1-13(11-16-15-5-3-4-6-15)17(2)12-14-7-9-18-10-8-14/h13-16H,3-12H2,1-2H3. The summed E-state index contributed by atoms with van der Waals surface area (Å²) < 4.78 is 5.43. The van der Waals surface area contributed by atoms with E-state index in [-0.39, 0.29) is 0 Å². The van der Waals surface area contributed by atoms with Crippen LogP contribution in [0.2, 0.25) is 0 Å². The number of hydrogen-bond acceptors (Lipinski definition) is 3. The summed E-state index contributed by atoms with van der Waals surface area (Å²) in [5.41, 5.74) is 0. The summed E-state index contributed by atoms with van der Waals surface area (Å²) in [5.74, 6) is 0.845. The Hall–Kier alpha value is -0.120. The fourth-order valence-corrected chi connectivity index (χ4v) is 3.14. The molecule has 1 unspecified atom stereocenters. The maximum absolute atomic E-state index is 5.43. The van der Waals surface area contributed by atoms with Crippen LogP contribution in [-0.4, -0.2) is 50.3 Å². The van der Waals surface area contributed by atoms with Gasteiger partial charge in [0.25, 0.3) is 0 Å². The van der Waals surface area contributed by atoms with Crippen LogP contribution in [0.15, 0.2) is 0 Å². The molecule has 0 aromatic rings. The van der Waals surface area contributed by atoms with Gasteiger partial charge in [0.05, 0.1) is 0 Å². The van der Waals surface area contributed by atoms with E-state index in [1.54, 1.807) is 0 Å². The SMILES string of the molecule is CC(CNC1CCCC1)N(C)CC1CCOCC1. The highest BCUT2D eigenvalue weighted by Crippen LogP contribution is 2.18. The van der Waals surface area contributed by atoms with Crippen molar-refractivity contribution in [3.63, 3.8) is 0 Å². The second-order valence-electron chi connectivity index (χ2n) is 6.23. The molecule has 0 bridgehead atoms. The Morgan fingerprint density at radius 3 is 2.50 bits per heavy atom. The molecule has 2 rings (SSSR count). The van der Waals surface area contributed by atoms with Gasteiger partial charge in [-0.2, -0.15) is 0 Å². The van der Waals surface area contributed by atoms with Crippen LogP contribution in [0.5, 0.6) is 0 Å². The molecule has 0 spiro atoms. The molecule has 1 saturated carbocycles. The Balaban J connectivity index is 1.62. The number of nitrogens with one attached hydrogen (secondary N) is 1. The van der Waals surface area contributed by atoms with E-state index in [9.17, 15) is 0 Å². The first-order chi connectivity index (χ1) is 8.75. The van der Waals surface area contributed by atoms with Gasteiger partial charge in [-0.3, -0.25) is 0 Å². The van der Waals surface area contributed by atoms with Crippen molar-refractivity contribution in [3.8, 4) is 0 Å². The van der Waals surface area contributed by atoms with Gasteiger partial charge >= 0.3 is 0 Å². The van der Waals surface area contributed by atoms with E-state index in [0.29, 0.717) is 6.04 Å². The van der Waals surface area contributed by atoms with E-state index in [0.717, 1.165) is 31.7 Å². The zero-order valence-electron chi connectivity index (χ0n) is 12.2. The Labute approximate surface area is 112 Å². The highest BCUT2D eigenvalue weighted by atomic mass is 16.5. The van der Waals surface area contributed by atoms with Crippen molar-refractivity contribution >= 4 is 0 Å². The molecule has 1 saturated heterocycles. The van der Waals surface area contributed by atoms with Crippen molar-refractivity contribution < 1.29 is 4.74 Å². The quantitative estimate of drug-likeness (QED) is 0.787. The average molecular weight is 254 g/mol. The predicted molar refractivity (Wildman–Crippen MR) is 75.9 cm³/mol. The molecule has 1 atom stereocenters. The van der Waals surface area contributed by atoms with Crippen LogP contribution in [-0.2, 0) is 4.74 Å². The number of rotatable bonds is 6. The summed E-state index contributed by atoms with van der Waals surface area (Å²) >= 11 is 0. The summed E-state index contributed by atoms with van der Waals surface area (Å²) in [6.45, 7) is 6.66. The second-order valence-corrected chi connectivity index (χ2v) is 6.23. The van der Waals surface area contributed by atoms with Crippen LogP contribution in [0.4, 0.5) is 0 Å². The van der Waals surface area contributed by atoms with Crippen LogP contribution in [0.3, 0.4) is 0 Å². The fraction of sp³-hybridized carbons (Fsp3) is 1.00. The lowest BCUT2D eigenvalue weighted by atomic mass is 9.99. The Morgan fingerprint density at radius 2 is 1.83 bits per heavy atom. The minimum atomic E-state index is 0.647. The van der Waals surface area contributed by atoms with Gasteiger partial charge in [-0.15, -0.1) is 0 Å². The largest absolute Gasteiger partial charge is 0.381 e. The van der Waals surface area contributed by atoms with Crippen LogP contribution in [0.25, 0.3) is 0 Å². The molecule has 1 N–H and O–H groups in total. The summed E-state index contributed by atoms with van der Waals surface area (Å²) in [5, 5.41) is 3.73. The molecule has 0 amide bonds. The van der Waals surface area contributed by atoms with Gasteiger partial charge in [0.15, 0.2) is 0 Å². The molecule has 0 aromatic carbocycles. The molecule has 18 heavy (non-hydrogen) atoms. The molecule has 0 radical (unpaired) electrons. The Kier molecular flexibility index (Phi) is 5.93. The maximum Gasteiger partial charge on any atom is 0.0469 e. The number of hydrogen-bond donors (Lipinski definition) is 1. The molecule has 2 fully saturated rings. The van der Waals surface area contributed by atoms with Gasteiger partial charge in [0.2, 0.25) is 0 Å². The number of ether oxygens (including phenoxy) is 1. The van der Waals surface area contributed by atoms with Crippen molar-refractivity contribution in [1.29, 1.82) is 0 Å². The van der Waals surface area contributed by atoms with E-state index in [1.807, 2.05) is 0 Å². The van der Waals surface area contributed by atoms with E-state index in [2.05, 4.69) is 24.2 Å². The zero-order valence-corrected chi connectivity index (χ0v) is 12.2. The highest BCUT2D eigenvalue weighted by molar-refractivity contribution is 4.77. The molecule has 1 aliphatic heterocycles. The summed E-state index contributed by atoms with van der Waals surface area (Å²) in [6.07, 6.45) is 8.10. The molecule has 2 aliphatic rings. The maximum atomic E-state index is 5.43. The molecule has 1 heterocycles. The molecule has 3 heteroatoms. The first-order valence-corrected chi connectivity index (χ1v) is 7.77. The normalized spacial score (nSPS) is 24.8. The molecule has 106 valence electrons. The third kappa shape index (κ3) is 4.52. The molecule has 0 aromatic heterocycles. The Morgan fingerprint density at radius 1 is 1.17 bits per heavy atom. The van der Waals surface area contributed by atoms with E-state index < -0.39 is 0 Å². The first-order valence-electron chi connectivity index (χ1n) is 7.77. The third-order valence-corrected chi connectivity index (χ3v) is 4.70. The smallest absolute Gasteiger partial charge is 0.0469 e. The Bertz CT molecular complexity index is 223. The van der Waals surface area contributed by atoms with E-state index >= 15 is 0 Å². The van der Waals surface area contributed by atoms with Crippen molar-refractivity contribution in [2.24, 2.45) is 5.92 Å². The molecular weight excluding hydrogens is 224 g/mol. The van der Waals surface area contributed by atoms with Gasteiger partial charge in [-0.05, 0) is 45.6 Å². The summed E-state index contributed by atoms with van der Waals surface area (Å²) in [7, 11) is 2.27. The third-order valence-electron chi connectivity index (χ3n) is 4.70. The summed E-state index contributed by atoms with van der Waals surface area (Å²) in [4.78, 5) is 2.53. The van der Waals surface area contributed by atoms with Crippen LogP contribution in [0.1, 0.15) is 45.4 Å². The molecule has 1 aliphatic carbocycles. The van der Waals surface area contributed by atoms with Gasteiger partial charge < -0.3 is 15.0 Å². The van der Waals surface area contributed by atoms with Gasteiger partial charge in [0, 0.05) is 38.4 Å². The van der Waals surface area contributed by atoms with Crippen molar-refractivity contribution in [3.05, 3.63) is 0 Å². The lowest BCUT2D eigenvalue weighted by Crippen LogP contribution is -2.43. The van der Waals surface area contributed by atoms with E-state index in [1.165, 1.54) is 45.1 Å². The topological polar surface area (TPSA) is 24.5 Å². The zero-order chi connectivity index (χ0) is 12.8. The number of likely N-dealkylation sites (N-methyl/N-ethyl adjacent to an activating group) is 1. The minimum absolute atomic E-state index is 0.647. The second kappa shape index (κ2) is 7.46. The monoisotopic (exact) mass is 254 g/mol. The lowest BCUT2D eigenvalue weighted by Gasteiger charge is -2.31. The highest BCUT2D eigenvalue weighted by Gasteiger charge is 2.20. The average Bonchev–Trinajstić information content (AvgIpc) is 2.90. The molecular formula is C15H30N2O. The fourth-order valence-electron chi connectivity index (χ4n) is 3.14. The van der Waals surface area contributed by atoms with Crippen LogP contribution in [0, 0.1) is 5.92 Å². The van der Waals surface area contributed by atoms with Gasteiger partial charge in [0.1, 0.15) is 0 Å². The van der Waals surface area contributed by atoms with Crippen LogP contribution < -0.4 is 5.32 Å². The minimum Gasteiger partial charge on any atom is -0.381 e. The number of nitrogens with zero attached hydrogens (tertiary/aromatic N) is 1. The van der Waals surface area contributed by atoms with Crippen molar-refractivity contribution in [2.75, 3.05) is 33.4 Å². The van der Waals surface area contributed by atoms with Crippen molar-refractivity contribution in [1.82, 2.24) is 10.2 Å². The van der Waals surface area contributed by atoms with Crippen molar-refractivity contribution in [2.45, 2.75) is 57.5 Å². The predicted octanol–water partition coefficient (Wildman–Crippen LogP) is 2.27. The van der Waals surface area contributed by atoms with Gasteiger partial charge in [-0.1, -0.05) is 12.8 Å². The molecule has 3 nitrogen and oxygen atoms in total. The summed E-state index contributed by atoms with van der Waals surface area (Å²) in [6, 6.07) is 1.44. The van der Waals surface area contributed by atoms with Gasteiger partial charge in [-0.25, -0.2) is 0 Å².